The van der Waals surface area contributed by atoms with E-state index in [2.05, 4.69) is 20.3 Å². The number of nitrogens with two attached hydrogens (primary N) is 1. The van der Waals surface area contributed by atoms with Gasteiger partial charge in [0.1, 0.15) is 0 Å². The average Bonchev–Trinajstić information content (AvgIpc) is 2.42. The van der Waals surface area contributed by atoms with Crippen molar-refractivity contribution in [3.63, 3.8) is 0 Å². The summed E-state index contributed by atoms with van der Waals surface area (Å²) in [5.74, 6) is 0.599. The van der Waals surface area contributed by atoms with E-state index < -0.39 is 0 Å². The number of hydrogen-bond donors (Lipinski definition) is 4. The Morgan fingerprint density at radius 3 is 2.60 bits per heavy atom. The quantitative estimate of drug-likeness (QED) is 0.597. The van der Waals surface area contributed by atoms with Gasteiger partial charge in [0.2, 0.25) is 17.8 Å². The third-order valence-corrected chi connectivity index (χ3v) is 2.67. The summed E-state index contributed by atoms with van der Waals surface area (Å²) in [7, 11) is 3.48. The zero-order valence-corrected chi connectivity index (χ0v) is 11.2. The van der Waals surface area contributed by atoms with Gasteiger partial charge in [-0.2, -0.15) is 15.0 Å². The first-order valence-electron chi connectivity index (χ1n) is 5.91. The standard InChI is InChI=1S/C12H16N6O2/c1-14-11-15-10(13)16-12(17-11)18(2)6-7-3-4-8(19)9(20)5-7/h3-5,19-20H,6H2,1-2H3,(H3,13,14,15,16,17). The van der Waals surface area contributed by atoms with Crippen LogP contribution in [0.25, 0.3) is 0 Å². The van der Waals surface area contributed by atoms with Gasteiger partial charge in [0, 0.05) is 20.6 Å². The fourth-order valence-electron chi connectivity index (χ4n) is 1.68. The highest BCUT2D eigenvalue weighted by Crippen LogP contribution is 2.25. The molecular weight excluding hydrogens is 260 g/mol. The summed E-state index contributed by atoms with van der Waals surface area (Å²) in [5, 5.41) is 21.5. The molecule has 8 nitrogen and oxygen atoms in total. The summed E-state index contributed by atoms with van der Waals surface area (Å²) in [5.41, 5.74) is 6.41. The first kappa shape index (κ1) is 13.7. The minimum atomic E-state index is -0.165. The molecule has 0 amide bonds. The molecule has 106 valence electrons. The van der Waals surface area contributed by atoms with Crippen LogP contribution in [0.5, 0.6) is 11.5 Å². The van der Waals surface area contributed by atoms with Crippen molar-refractivity contribution < 1.29 is 10.2 Å². The maximum Gasteiger partial charge on any atom is 0.231 e. The van der Waals surface area contributed by atoms with Gasteiger partial charge in [-0.15, -0.1) is 0 Å². The van der Waals surface area contributed by atoms with Gasteiger partial charge in [-0.1, -0.05) is 6.07 Å². The molecule has 0 unspecified atom stereocenters. The van der Waals surface area contributed by atoms with E-state index in [1.807, 2.05) is 0 Å². The minimum absolute atomic E-state index is 0.125. The molecule has 5 N–H and O–H groups in total. The fraction of sp³-hybridized carbons (Fsp3) is 0.250. The number of benzene rings is 1. The third-order valence-electron chi connectivity index (χ3n) is 2.67. The number of aromatic hydroxyl groups is 2. The number of phenolic OH excluding ortho intramolecular Hbond substituents is 2. The SMILES string of the molecule is CNc1nc(N)nc(N(C)Cc2ccc(O)c(O)c2)n1. The molecule has 0 spiro atoms. The molecule has 20 heavy (non-hydrogen) atoms. The van der Waals surface area contributed by atoms with Crippen LogP contribution in [0.1, 0.15) is 5.56 Å². The molecule has 0 aliphatic rings. The van der Waals surface area contributed by atoms with E-state index >= 15 is 0 Å². The number of phenols is 2. The third kappa shape index (κ3) is 2.97. The van der Waals surface area contributed by atoms with Crippen molar-refractivity contribution in [3.8, 4) is 11.5 Å². The highest BCUT2D eigenvalue weighted by molar-refractivity contribution is 5.44. The zero-order chi connectivity index (χ0) is 14.7. The number of nitrogens with zero attached hydrogens (tertiary/aromatic N) is 4. The minimum Gasteiger partial charge on any atom is -0.504 e. The van der Waals surface area contributed by atoms with E-state index in [1.165, 1.54) is 12.1 Å². The topological polar surface area (TPSA) is 120 Å². The second-order valence-electron chi connectivity index (χ2n) is 4.25. The van der Waals surface area contributed by atoms with Crippen LogP contribution in [0.3, 0.4) is 0 Å². The number of anilines is 3. The molecule has 0 aliphatic carbocycles. The van der Waals surface area contributed by atoms with Gasteiger partial charge in [0.25, 0.3) is 0 Å². The lowest BCUT2D eigenvalue weighted by Gasteiger charge is -2.18. The summed E-state index contributed by atoms with van der Waals surface area (Å²) in [4.78, 5) is 13.9. The Morgan fingerprint density at radius 2 is 1.95 bits per heavy atom. The van der Waals surface area contributed by atoms with Crippen LogP contribution in [-0.4, -0.2) is 39.3 Å². The Hall–Kier alpha value is -2.77. The Morgan fingerprint density at radius 1 is 1.20 bits per heavy atom. The summed E-state index contributed by atoms with van der Waals surface area (Å²) in [6.45, 7) is 0.445. The molecule has 8 heteroatoms. The van der Waals surface area contributed by atoms with Crippen molar-refractivity contribution in [1.29, 1.82) is 0 Å². The summed E-state index contributed by atoms with van der Waals surface area (Å²) in [6, 6.07) is 4.61. The van der Waals surface area contributed by atoms with Crippen LogP contribution in [-0.2, 0) is 6.54 Å². The van der Waals surface area contributed by atoms with E-state index in [0.717, 1.165) is 5.56 Å². The molecular formula is C12H16N6O2. The van der Waals surface area contributed by atoms with Crippen LogP contribution in [0.4, 0.5) is 17.8 Å². The molecule has 0 fully saturated rings. The highest BCUT2D eigenvalue weighted by atomic mass is 16.3. The molecule has 0 aliphatic heterocycles. The lowest BCUT2D eigenvalue weighted by molar-refractivity contribution is 0.403. The van der Waals surface area contributed by atoms with Crippen molar-refractivity contribution in [1.82, 2.24) is 15.0 Å². The highest BCUT2D eigenvalue weighted by Gasteiger charge is 2.10. The average molecular weight is 276 g/mol. The Labute approximate surface area is 115 Å². The van der Waals surface area contributed by atoms with Crippen molar-refractivity contribution >= 4 is 17.8 Å². The molecule has 2 rings (SSSR count). The Kier molecular flexibility index (Phi) is 3.74. The van der Waals surface area contributed by atoms with Crippen LogP contribution in [0.2, 0.25) is 0 Å². The van der Waals surface area contributed by atoms with Crippen LogP contribution < -0.4 is 16.0 Å². The number of nitrogens with one attached hydrogen (secondary N) is 1. The molecule has 0 atom stereocenters. The van der Waals surface area contributed by atoms with Gasteiger partial charge in [-0.05, 0) is 17.7 Å². The van der Waals surface area contributed by atoms with E-state index in [9.17, 15) is 10.2 Å². The van der Waals surface area contributed by atoms with Gasteiger partial charge in [0.05, 0.1) is 0 Å². The molecule has 0 radical (unpaired) electrons. The van der Waals surface area contributed by atoms with Crippen molar-refractivity contribution in [3.05, 3.63) is 23.8 Å². The summed E-state index contributed by atoms with van der Waals surface area (Å²) >= 11 is 0. The normalized spacial score (nSPS) is 10.3. The number of rotatable bonds is 4. The molecule has 1 heterocycles. The van der Waals surface area contributed by atoms with Crippen molar-refractivity contribution in [2.24, 2.45) is 0 Å². The number of aromatic nitrogens is 3. The zero-order valence-electron chi connectivity index (χ0n) is 11.2. The van der Waals surface area contributed by atoms with Gasteiger partial charge in [0.15, 0.2) is 11.5 Å². The molecule has 0 saturated carbocycles. The lowest BCUT2D eigenvalue weighted by Crippen LogP contribution is -2.20. The van der Waals surface area contributed by atoms with Crippen molar-refractivity contribution in [2.45, 2.75) is 6.54 Å². The van der Waals surface area contributed by atoms with Gasteiger partial charge >= 0.3 is 0 Å². The lowest BCUT2D eigenvalue weighted by atomic mass is 10.2. The van der Waals surface area contributed by atoms with Gasteiger partial charge < -0.3 is 26.2 Å². The van der Waals surface area contributed by atoms with E-state index in [4.69, 9.17) is 5.73 Å². The Bertz CT molecular complexity index is 619. The summed E-state index contributed by atoms with van der Waals surface area (Å²) in [6.07, 6.45) is 0. The smallest absolute Gasteiger partial charge is 0.231 e. The fourth-order valence-corrected chi connectivity index (χ4v) is 1.68. The first-order chi connectivity index (χ1) is 9.49. The predicted octanol–water partition coefficient (Wildman–Crippen LogP) is 0.543. The molecule has 1 aromatic carbocycles. The summed E-state index contributed by atoms with van der Waals surface area (Å²) < 4.78 is 0. The Balaban J connectivity index is 2.20. The first-order valence-corrected chi connectivity index (χ1v) is 5.91. The molecule has 2 aromatic rings. The van der Waals surface area contributed by atoms with Crippen LogP contribution in [0.15, 0.2) is 18.2 Å². The van der Waals surface area contributed by atoms with Crippen LogP contribution in [0, 0.1) is 0 Å². The van der Waals surface area contributed by atoms with Crippen molar-refractivity contribution in [2.75, 3.05) is 30.0 Å². The second kappa shape index (κ2) is 5.47. The van der Waals surface area contributed by atoms with E-state index in [1.54, 1.807) is 25.1 Å². The predicted molar refractivity (Wildman–Crippen MR) is 75.7 cm³/mol. The molecule has 1 aromatic heterocycles. The van der Waals surface area contributed by atoms with E-state index in [0.29, 0.717) is 18.4 Å². The molecule has 0 saturated heterocycles. The number of hydrogen-bond acceptors (Lipinski definition) is 8. The number of nitrogen functional groups attached to an aromatic ring is 1. The molecule has 0 bridgehead atoms. The maximum absolute atomic E-state index is 9.47. The van der Waals surface area contributed by atoms with Gasteiger partial charge in [-0.25, -0.2) is 0 Å². The maximum atomic E-state index is 9.47. The monoisotopic (exact) mass is 276 g/mol. The second-order valence-corrected chi connectivity index (χ2v) is 4.25. The van der Waals surface area contributed by atoms with E-state index in [-0.39, 0.29) is 17.4 Å². The van der Waals surface area contributed by atoms with Gasteiger partial charge in [-0.3, -0.25) is 0 Å². The van der Waals surface area contributed by atoms with Crippen LogP contribution >= 0.6 is 0 Å². The largest absolute Gasteiger partial charge is 0.504 e.